The van der Waals surface area contributed by atoms with Crippen LogP contribution < -0.4 is 10.1 Å². The predicted molar refractivity (Wildman–Crippen MR) is 62.4 cm³/mol. The summed E-state index contributed by atoms with van der Waals surface area (Å²) >= 11 is 0. The molecule has 1 aromatic carbocycles. The third-order valence-electron chi connectivity index (χ3n) is 3.25. The lowest BCUT2D eigenvalue weighted by molar-refractivity contribution is 0.169. The van der Waals surface area contributed by atoms with Gasteiger partial charge in [-0.3, -0.25) is 0 Å². The average molecular weight is 205 g/mol. The van der Waals surface area contributed by atoms with Gasteiger partial charge < -0.3 is 10.1 Å². The van der Waals surface area contributed by atoms with Gasteiger partial charge in [0.25, 0.3) is 0 Å². The molecular weight excluding hydrogens is 186 g/mol. The highest BCUT2D eigenvalue weighted by Crippen LogP contribution is 2.36. The average Bonchev–Trinajstić information content (AvgIpc) is 2.19. The van der Waals surface area contributed by atoms with Crippen LogP contribution >= 0.6 is 0 Å². The first-order valence-corrected chi connectivity index (χ1v) is 5.57. The molecule has 2 nitrogen and oxygen atoms in total. The number of hydrogen-bond donors (Lipinski definition) is 1. The van der Waals surface area contributed by atoms with E-state index in [-0.39, 0.29) is 0 Å². The van der Waals surface area contributed by atoms with Gasteiger partial charge in [-0.25, -0.2) is 0 Å². The van der Waals surface area contributed by atoms with Gasteiger partial charge in [-0.1, -0.05) is 6.07 Å². The first-order chi connectivity index (χ1) is 7.11. The van der Waals surface area contributed by atoms with Gasteiger partial charge >= 0.3 is 0 Å². The maximum Gasteiger partial charge on any atom is 0.124 e. The summed E-state index contributed by atoms with van der Waals surface area (Å²) in [6, 6.07) is 4.84. The summed E-state index contributed by atoms with van der Waals surface area (Å²) in [5.74, 6) is 1.05. The van der Waals surface area contributed by atoms with Crippen molar-refractivity contribution in [1.29, 1.82) is 0 Å². The van der Waals surface area contributed by atoms with Crippen LogP contribution in [0.4, 0.5) is 0 Å². The van der Waals surface area contributed by atoms with Crippen LogP contribution in [0.5, 0.6) is 5.75 Å². The Hall–Kier alpha value is -1.02. The summed E-state index contributed by atoms with van der Waals surface area (Å²) in [6.45, 7) is 6.41. The molecule has 0 aliphatic carbocycles. The SMILES string of the molecule is CNC1CC(C)Oc2cc(C)c(C)cc21. The van der Waals surface area contributed by atoms with Gasteiger partial charge in [0.15, 0.2) is 0 Å². The minimum absolute atomic E-state index is 0.303. The molecular formula is C13H19NO. The van der Waals surface area contributed by atoms with Crippen molar-refractivity contribution in [3.05, 3.63) is 28.8 Å². The van der Waals surface area contributed by atoms with E-state index < -0.39 is 0 Å². The summed E-state index contributed by atoms with van der Waals surface area (Å²) in [6.07, 6.45) is 1.35. The lowest BCUT2D eigenvalue weighted by Gasteiger charge is -2.31. The summed E-state index contributed by atoms with van der Waals surface area (Å²) in [7, 11) is 2.02. The van der Waals surface area contributed by atoms with Crippen LogP contribution in [0.3, 0.4) is 0 Å². The minimum atomic E-state index is 0.303. The molecule has 2 rings (SSSR count). The molecule has 0 radical (unpaired) electrons. The second-order valence-corrected chi connectivity index (χ2v) is 4.48. The normalized spacial score (nSPS) is 24.5. The fourth-order valence-corrected chi connectivity index (χ4v) is 2.18. The largest absolute Gasteiger partial charge is 0.490 e. The molecule has 2 atom stereocenters. The lowest BCUT2D eigenvalue weighted by Crippen LogP contribution is -2.29. The van der Waals surface area contributed by atoms with Crippen molar-refractivity contribution in [3.63, 3.8) is 0 Å². The molecule has 2 heteroatoms. The topological polar surface area (TPSA) is 21.3 Å². The Balaban J connectivity index is 2.47. The molecule has 1 N–H and O–H groups in total. The van der Waals surface area contributed by atoms with Crippen molar-refractivity contribution < 1.29 is 4.74 Å². The van der Waals surface area contributed by atoms with Crippen molar-refractivity contribution in [3.8, 4) is 5.75 Å². The van der Waals surface area contributed by atoms with Crippen molar-refractivity contribution in [1.82, 2.24) is 5.32 Å². The van der Waals surface area contributed by atoms with Crippen molar-refractivity contribution in [2.75, 3.05) is 7.05 Å². The molecule has 1 aliphatic rings. The predicted octanol–water partition coefficient (Wildman–Crippen LogP) is 2.73. The molecule has 0 amide bonds. The minimum Gasteiger partial charge on any atom is -0.490 e. The van der Waals surface area contributed by atoms with E-state index in [1.54, 1.807) is 0 Å². The van der Waals surface area contributed by atoms with Crippen molar-refractivity contribution >= 4 is 0 Å². The zero-order valence-corrected chi connectivity index (χ0v) is 9.92. The highest BCUT2D eigenvalue weighted by Gasteiger charge is 2.24. The first kappa shape index (κ1) is 10.5. The van der Waals surface area contributed by atoms with Crippen LogP contribution in [-0.2, 0) is 0 Å². The van der Waals surface area contributed by atoms with Gasteiger partial charge in [0.1, 0.15) is 5.75 Å². The van der Waals surface area contributed by atoms with E-state index in [1.165, 1.54) is 16.7 Å². The number of aryl methyl sites for hydroxylation is 2. The maximum atomic E-state index is 5.86. The second kappa shape index (κ2) is 3.86. The van der Waals surface area contributed by atoms with Gasteiger partial charge in [-0.2, -0.15) is 0 Å². The van der Waals surface area contributed by atoms with Crippen LogP contribution in [-0.4, -0.2) is 13.2 Å². The zero-order chi connectivity index (χ0) is 11.0. The summed E-state index contributed by atoms with van der Waals surface area (Å²) in [5, 5.41) is 3.36. The van der Waals surface area contributed by atoms with Crippen LogP contribution in [0.15, 0.2) is 12.1 Å². The zero-order valence-electron chi connectivity index (χ0n) is 9.92. The third kappa shape index (κ3) is 1.86. The van der Waals surface area contributed by atoms with Crippen LogP contribution in [0.1, 0.15) is 36.1 Å². The van der Waals surface area contributed by atoms with Gasteiger partial charge in [-0.05, 0) is 45.0 Å². The molecule has 2 unspecified atom stereocenters. The summed E-state index contributed by atoms with van der Waals surface area (Å²) in [5.41, 5.74) is 3.95. The molecule has 0 bridgehead atoms. The van der Waals surface area contributed by atoms with E-state index >= 15 is 0 Å². The van der Waals surface area contributed by atoms with Crippen LogP contribution in [0.2, 0.25) is 0 Å². The fraction of sp³-hybridized carbons (Fsp3) is 0.538. The van der Waals surface area contributed by atoms with E-state index in [4.69, 9.17) is 4.74 Å². The fourth-order valence-electron chi connectivity index (χ4n) is 2.18. The van der Waals surface area contributed by atoms with Crippen molar-refractivity contribution in [2.45, 2.75) is 39.3 Å². The molecule has 0 saturated carbocycles. The Morgan fingerprint density at radius 3 is 2.60 bits per heavy atom. The number of benzene rings is 1. The number of nitrogens with one attached hydrogen (secondary N) is 1. The molecule has 1 aliphatic heterocycles. The van der Waals surface area contributed by atoms with Gasteiger partial charge in [-0.15, -0.1) is 0 Å². The number of hydrogen-bond acceptors (Lipinski definition) is 2. The Morgan fingerprint density at radius 2 is 1.93 bits per heavy atom. The Morgan fingerprint density at radius 1 is 1.27 bits per heavy atom. The molecule has 1 aromatic rings. The number of ether oxygens (including phenoxy) is 1. The number of fused-ring (bicyclic) bond motifs is 1. The van der Waals surface area contributed by atoms with E-state index in [0.29, 0.717) is 12.1 Å². The third-order valence-corrected chi connectivity index (χ3v) is 3.25. The second-order valence-electron chi connectivity index (χ2n) is 4.48. The van der Waals surface area contributed by atoms with Crippen molar-refractivity contribution in [2.24, 2.45) is 0 Å². The molecule has 0 aromatic heterocycles. The molecule has 15 heavy (non-hydrogen) atoms. The number of rotatable bonds is 1. The van der Waals surface area contributed by atoms with E-state index in [9.17, 15) is 0 Å². The van der Waals surface area contributed by atoms with Gasteiger partial charge in [0.2, 0.25) is 0 Å². The van der Waals surface area contributed by atoms with Gasteiger partial charge in [0.05, 0.1) is 6.10 Å². The monoisotopic (exact) mass is 205 g/mol. The van der Waals surface area contributed by atoms with E-state index in [1.807, 2.05) is 7.05 Å². The smallest absolute Gasteiger partial charge is 0.124 e. The Labute approximate surface area is 91.6 Å². The van der Waals surface area contributed by atoms with E-state index in [0.717, 1.165) is 12.2 Å². The maximum absolute atomic E-state index is 5.86. The van der Waals surface area contributed by atoms with Crippen LogP contribution in [0.25, 0.3) is 0 Å². The molecule has 0 saturated heterocycles. The molecule has 1 heterocycles. The molecule has 82 valence electrons. The van der Waals surface area contributed by atoms with E-state index in [2.05, 4.69) is 38.2 Å². The van der Waals surface area contributed by atoms with Gasteiger partial charge in [0, 0.05) is 18.0 Å². The summed E-state index contributed by atoms with van der Waals surface area (Å²) < 4.78 is 5.86. The standard InChI is InChI=1S/C13H19NO/c1-8-5-11-12(14-4)7-10(3)15-13(11)6-9(8)2/h5-6,10,12,14H,7H2,1-4H3. The molecule has 0 spiro atoms. The molecule has 0 fully saturated rings. The highest BCUT2D eigenvalue weighted by molar-refractivity contribution is 5.44. The summed E-state index contributed by atoms with van der Waals surface area (Å²) in [4.78, 5) is 0. The highest BCUT2D eigenvalue weighted by atomic mass is 16.5. The Bertz CT molecular complexity index is 373. The van der Waals surface area contributed by atoms with Crippen LogP contribution in [0, 0.1) is 13.8 Å². The Kier molecular flexibility index (Phi) is 2.70. The first-order valence-electron chi connectivity index (χ1n) is 5.57. The lowest BCUT2D eigenvalue weighted by atomic mass is 9.94. The quantitative estimate of drug-likeness (QED) is 0.761.